The summed E-state index contributed by atoms with van der Waals surface area (Å²) in [6, 6.07) is 4.90. The summed E-state index contributed by atoms with van der Waals surface area (Å²) in [4.78, 5) is 14.5. The number of hydrogen-bond donors (Lipinski definition) is 1. The normalized spacial score (nSPS) is 19.0. The molecule has 132 valence electrons. The molecule has 1 aliphatic rings. The zero-order valence-corrected chi connectivity index (χ0v) is 14.8. The van der Waals surface area contributed by atoms with Gasteiger partial charge in [0, 0.05) is 24.9 Å². The van der Waals surface area contributed by atoms with Crippen LogP contribution in [0, 0.1) is 0 Å². The van der Waals surface area contributed by atoms with Gasteiger partial charge in [-0.2, -0.15) is 0 Å². The summed E-state index contributed by atoms with van der Waals surface area (Å²) < 4.78 is 29.9. The second-order valence-electron chi connectivity index (χ2n) is 6.34. The summed E-state index contributed by atoms with van der Waals surface area (Å²) in [5.74, 6) is 1.93. The molecule has 1 atom stereocenters. The molecule has 0 radical (unpaired) electrons. The lowest BCUT2D eigenvalue weighted by Gasteiger charge is -2.12. The molecule has 3 aromatic rings. The summed E-state index contributed by atoms with van der Waals surface area (Å²) in [5.41, 5.74) is 1.24. The van der Waals surface area contributed by atoms with Crippen molar-refractivity contribution in [3.8, 4) is 0 Å². The van der Waals surface area contributed by atoms with Gasteiger partial charge in [0.1, 0.15) is 11.3 Å². The third-order valence-corrected chi connectivity index (χ3v) is 6.40. The van der Waals surface area contributed by atoms with E-state index in [1.807, 2.05) is 6.20 Å². The number of hydrogen-bond acceptors (Lipinski definition) is 6. The molecule has 1 aliphatic heterocycles. The van der Waals surface area contributed by atoms with Gasteiger partial charge in [-0.3, -0.25) is 4.90 Å². The van der Waals surface area contributed by atoms with Gasteiger partial charge in [0.05, 0.1) is 17.2 Å². The van der Waals surface area contributed by atoms with E-state index >= 15 is 0 Å². The third-order valence-electron chi connectivity index (χ3n) is 4.66. The monoisotopic (exact) mass is 360 g/mol. The molecular weight excluding hydrogens is 340 g/mol. The van der Waals surface area contributed by atoms with E-state index in [4.69, 9.17) is 4.42 Å². The molecule has 1 aromatic carbocycles. The number of nitrogens with zero attached hydrogens (tertiary/aromatic N) is 3. The molecule has 25 heavy (non-hydrogen) atoms. The topological polar surface area (TPSA) is 92.1 Å². The Morgan fingerprint density at radius 1 is 1.40 bits per heavy atom. The van der Waals surface area contributed by atoms with Crippen LogP contribution in [0.4, 0.5) is 0 Å². The van der Waals surface area contributed by atoms with E-state index in [1.54, 1.807) is 31.3 Å². The highest BCUT2D eigenvalue weighted by atomic mass is 32.2. The van der Waals surface area contributed by atoms with E-state index in [0.717, 1.165) is 31.9 Å². The Morgan fingerprint density at radius 3 is 3.04 bits per heavy atom. The van der Waals surface area contributed by atoms with Gasteiger partial charge in [-0.25, -0.2) is 18.4 Å². The number of oxazole rings is 1. The van der Waals surface area contributed by atoms with Crippen LogP contribution in [0.15, 0.2) is 39.9 Å². The van der Waals surface area contributed by atoms with Crippen LogP contribution < -0.4 is 0 Å². The lowest BCUT2D eigenvalue weighted by atomic mass is 10.1. The molecule has 3 heterocycles. The summed E-state index contributed by atoms with van der Waals surface area (Å²) >= 11 is 0. The summed E-state index contributed by atoms with van der Waals surface area (Å²) in [6.45, 7) is 4.23. The lowest BCUT2D eigenvalue weighted by Crippen LogP contribution is -2.20. The predicted molar refractivity (Wildman–Crippen MR) is 93.0 cm³/mol. The van der Waals surface area contributed by atoms with Crippen molar-refractivity contribution in [1.82, 2.24) is 19.9 Å². The number of H-pyrrole nitrogens is 1. The van der Waals surface area contributed by atoms with Crippen molar-refractivity contribution < 1.29 is 12.8 Å². The lowest BCUT2D eigenvalue weighted by molar-refractivity contribution is 0.313. The number of benzene rings is 1. The summed E-state index contributed by atoms with van der Waals surface area (Å²) in [6.07, 6.45) is 4.55. The van der Waals surface area contributed by atoms with Crippen LogP contribution in [-0.4, -0.2) is 47.1 Å². The standard InChI is InChI=1S/C17H20N4O3S/c1-2-25(22,23)13-3-4-15-14(9-13)20-17(24-15)12-5-8-21(10-12)11-16-18-6-7-19-16/h3-4,6-7,9,12H,2,5,8,10-11H2,1H3,(H,18,19). The maximum absolute atomic E-state index is 12.0. The van der Waals surface area contributed by atoms with Crippen LogP contribution in [0.1, 0.15) is 31.0 Å². The van der Waals surface area contributed by atoms with Gasteiger partial charge < -0.3 is 9.40 Å². The van der Waals surface area contributed by atoms with E-state index < -0.39 is 9.84 Å². The van der Waals surface area contributed by atoms with Gasteiger partial charge in [-0.1, -0.05) is 6.92 Å². The molecule has 1 saturated heterocycles. The van der Waals surface area contributed by atoms with Crippen molar-refractivity contribution in [1.29, 1.82) is 0 Å². The molecule has 0 saturated carbocycles. The average molecular weight is 360 g/mol. The molecule has 0 amide bonds. The Kier molecular flexibility index (Phi) is 4.09. The van der Waals surface area contributed by atoms with E-state index in [1.165, 1.54) is 0 Å². The van der Waals surface area contributed by atoms with E-state index in [0.29, 0.717) is 21.9 Å². The Hall–Kier alpha value is -2.19. The first kappa shape index (κ1) is 16.3. The SMILES string of the molecule is CCS(=O)(=O)c1ccc2oc(C3CCN(Cc4ncc[nH]4)C3)nc2c1. The first-order chi connectivity index (χ1) is 12.0. The van der Waals surface area contributed by atoms with Gasteiger partial charge in [0.15, 0.2) is 21.3 Å². The first-order valence-corrected chi connectivity index (χ1v) is 10.0. The van der Waals surface area contributed by atoms with E-state index in [-0.39, 0.29) is 11.7 Å². The highest BCUT2D eigenvalue weighted by Gasteiger charge is 2.28. The Labute approximate surface area is 146 Å². The summed E-state index contributed by atoms with van der Waals surface area (Å²) in [5, 5.41) is 0. The number of fused-ring (bicyclic) bond motifs is 1. The molecule has 1 N–H and O–H groups in total. The van der Waals surface area contributed by atoms with E-state index in [2.05, 4.69) is 19.9 Å². The maximum Gasteiger partial charge on any atom is 0.199 e. The molecule has 0 bridgehead atoms. The van der Waals surface area contributed by atoms with Crippen LogP contribution in [0.3, 0.4) is 0 Å². The molecular formula is C17H20N4O3S. The minimum Gasteiger partial charge on any atom is -0.440 e. The van der Waals surface area contributed by atoms with E-state index in [9.17, 15) is 8.42 Å². The highest BCUT2D eigenvalue weighted by Crippen LogP contribution is 2.30. The van der Waals surface area contributed by atoms with Crippen molar-refractivity contribution in [2.45, 2.75) is 30.7 Å². The number of rotatable bonds is 5. The van der Waals surface area contributed by atoms with Crippen LogP contribution >= 0.6 is 0 Å². The Morgan fingerprint density at radius 2 is 2.28 bits per heavy atom. The predicted octanol–water partition coefficient (Wildman–Crippen LogP) is 2.33. The fourth-order valence-corrected chi connectivity index (χ4v) is 4.13. The average Bonchev–Trinajstić information content (AvgIpc) is 3.34. The molecule has 2 aromatic heterocycles. The minimum atomic E-state index is -3.24. The molecule has 1 fully saturated rings. The van der Waals surface area contributed by atoms with Crippen molar-refractivity contribution in [2.24, 2.45) is 0 Å². The smallest absolute Gasteiger partial charge is 0.199 e. The zero-order valence-electron chi connectivity index (χ0n) is 14.0. The van der Waals surface area contributed by atoms with Gasteiger partial charge in [0.2, 0.25) is 0 Å². The highest BCUT2D eigenvalue weighted by molar-refractivity contribution is 7.91. The molecule has 0 aliphatic carbocycles. The second-order valence-corrected chi connectivity index (χ2v) is 8.62. The van der Waals surface area contributed by atoms with Crippen molar-refractivity contribution in [3.63, 3.8) is 0 Å². The number of aromatic nitrogens is 3. The number of imidazole rings is 1. The number of nitrogens with one attached hydrogen (secondary N) is 1. The molecule has 8 heteroatoms. The number of aromatic amines is 1. The van der Waals surface area contributed by atoms with Gasteiger partial charge in [-0.05, 0) is 31.2 Å². The molecule has 0 spiro atoms. The number of likely N-dealkylation sites (tertiary alicyclic amines) is 1. The fraction of sp³-hybridized carbons (Fsp3) is 0.412. The van der Waals surface area contributed by atoms with Gasteiger partial charge in [0.25, 0.3) is 0 Å². The fourth-order valence-electron chi connectivity index (χ4n) is 3.23. The maximum atomic E-state index is 12.0. The zero-order chi connectivity index (χ0) is 17.4. The van der Waals surface area contributed by atoms with Crippen LogP contribution in [-0.2, 0) is 16.4 Å². The van der Waals surface area contributed by atoms with Crippen LogP contribution in [0.25, 0.3) is 11.1 Å². The van der Waals surface area contributed by atoms with Crippen molar-refractivity contribution >= 4 is 20.9 Å². The first-order valence-electron chi connectivity index (χ1n) is 8.39. The molecule has 7 nitrogen and oxygen atoms in total. The van der Waals surface area contributed by atoms with Crippen molar-refractivity contribution in [2.75, 3.05) is 18.8 Å². The Bertz CT molecular complexity index is 979. The molecule has 4 rings (SSSR count). The largest absolute Gasteiger partial charge is 0.440 e. The second kappa shape index (κ2) is 6.27. The van der Waals surface area contributed by atoms with Crippen LogP contribution in [0.2, 0.25) is 0 Å². The third kappa shape index (κ3) is 3.19. The van der Waals surface area contributed by atoms with Crippen molar-refractivity contribution in [3.05, 3.63) is 42.3 Å². The summed E-state index contributed by atoms with van der Waals surface area (Å²) in [7, 11) is -3.24. The van der Waals surface area contributed by atoms with Gasteiger partial charge >= 0.3 is 0 Å². The van der Waals surface area contributed by atoms with Crippen LogP contribution in [0.5, 0.6) is 0 Å². The quantitative estimate of drug-likeness (QED) is 0.751. The molecule has 1 unspecified atom stereocenters. The van der Waals surface area contributed by atoms with Gasteiger partial charge in [-0.15, -0.1) is 0 Å². The minimum absolute atomic E-state index is 0.0770. The Balaban J connectivity index is 1.54. The number of sulfone groups is 1.